The van der Waals surface area contributed by atoms with E-state index in [4.69, 9.17) is 5.73 Å². The van der Waals surface area contributed by atoms with E-state index in [0.717, 1.165) is 11.3 Å². The molecule has 0 unspecified atom stereocenters. The van der Waals surface area contributed by atoms with Crippen LogP contribution in [0, 0.1) is 0 Å². The SMILES string of the molecule is Nc1c(O)sc2c(C(F)F)cccc12. The van der Waals surface area contributed by atoms with Gasteiger partial charge in [-0.3, -0.25) is 0 Å². The van der Waals surface area contributed by atoms with E-state index >= 15 is 0 Å². The summed E-state index contributed by atoms with van der Waals surface area (Å²) in [6, 6.07) is 4.46. The molecular formula is C9H7F2NOS. The van der Waals surface area contributed by atoms with E-state index in [1.54, 1.807) is 6.07 Å². The van der Waals surface area contributed by atoms with Crippen LogP contribution in [0.15, 0.2) is 18.2 Å². The van der Waals surface area contributed by atoms with Crippen molar-refractivity contribution < 1.29 is 13.9 Å². The Balaban J connectivity index is 2.81. The molecule has 0 bridgehead atoms. The van der Waals surface area contributed by atoms with E-state index in [9.17, 15) is 13.9 Å². The lowest BCUT2D eigenvalue weighted by Crippen LogP contribution is -1.85. The maximum atomic E-state index is 12.5. The number of benzene rings is 1. The van der Waals surface area contributed by atoms with Gasteiger partial charge in [0.2, 0.25) is 0 Å². The standard InChI is InChI=1S/C9H7F2NOS/c10-8(11)5-3-1-2-4-6(12)9(13)14-7(4)5/h1-3,8,13H,12H2. The third-order valence-electron chi connectivity index (χ3n) is 2.00. The van der Waals surface area contributed by atoms with E-state index in [-0.39, 0.29) is 16.3 Å². The Labute approximate surface area is 82.6 Å². The van der Waals surface area contributed by atoms with Crippen LogP contribution in [0.25, 0.3) is 10.1 Å². The average molecular weight is 215 g/mol. The fourth-order valence-corrected chi connectivity index (χ4v) is 2.30. The molecule has 0 saturated carbocycles. The molecule has 0 radical (unpaired) electrons. The minimum Gasteiger partial charge on any atom is -0.498 e. The van der Waals surface area contributed by atoms with E-state index in [1.807, 2.05) is 0 Å². The van der Waals surface area contributed by atoms with E-state index in [0.29, 0.717) is 10.1 Å². The number of anilines is 1. The number of halogens is 2. The van der Waals surface area contributed by atoms with Gasteiger partial charge in [-0.2, -0.15) is 0 Å². The van der Waals surface area contributed by atoms with Gasteiger partial charge in [0.15, 0.2) is 5.06 Å². The predicted octanol–water partition coefficient (Wildman–Crippen LogP) is 3.13. The highest BCUT2D eigenvalue weighted by atomic mass is 32.1. The molecule has 3 N–H and O–H groups in total. The number of nitrogen functional groups attached to an aromatic ring is 1. The number of hydrogen-bond donors (Lipinski definition) is 2. The number of alkyl halides is 2. The highest BCUT2D eigenvalue weighted by Crippen LogP contribution is 2.42. The van der Waals surface area contributed by atoms with Crippen LogP contribution in [0.1, 0.15) is 12.0 Å². The number of rotatable bonds is 1. The summed E-state index contributed by atoms with van der Waals surface area (Å²) >= 11 is 0.884. The number of hydrogen-bond acceptors (Lipinski definition) is 3. The molecule has 0 aliphatic rings. The Kier molecular flexibility index (Phi) is 2.03. The minimum absolute atomic E-state index is 0.0838. The number of nitrogens with two attached hydrogens (primary N) is 1. The molecule has 1 aromatic heterocycles. The van der Waals surface area contributed by atoms with Crippen molar-refractivity contribution in [3.8, 4) is 5.06 Å². The third kappa shape index (κ3) is 1.21. The van der Waals surface area contributed by atoms with Crippen LogP contribution in [0.3, 0.4) is 0 Å². The normalized spacial score (nSPS) is 11.4. The fraction of sp³-hybridized carbons (Fsp3) is 0.111. The molecular weight excluding hydrogens is 208 g/mol. The number of fused-ring (bicyclic) bond motifs is 1. The molecule has 0 atom stereocenters. The van der Waals surface area contributed by atoms with Crippen LogP contribution in [0.2, 0.25) is 0 Å². The second kappa shape index (κ2) is 3.09. The van der Waals surface area contributed by atoms with Crippen molar-refractivity contribution in [2.45, 2.75) is 6.43 Å². The molecule has 5 heteroatoms. The summed E-state index contributed by atoms with van der Waals surface area (Å²) in [5.41, 5.74) is 5.61. The fourth-order valence-electron chi connectivity index (χ4n) is 1.32. The molecule has 0 aliphatic heterocycles. The Morgan fingerprint density at radius 3 is 2.71 bits per heavy atom. The second-order valence-electron chi connectivity index (χ2n) is 2.85. The van der Waals surface area contributed by atoms with Crippen LogP contribution in [-0.2, 0) is 0 Å². The summed E-state index contributed by atoms with van der Waals surface area (Å²) < 4.78 is 25.4. The Hall–Kier alpha value is -1.36. The van der Waals surface area contributed by atoms with Gasteiger partial charge in [-0.05, 0) is 0 Å². The zero-order valence-corrected chi connectivity index (χ0v) is 7.81. The summed E-state index contributed by atoms with van der Waals surface area (Å²) in [5.74, 6) is 0. The molecule has 14 heavy (non-hydrogen) atoms. The maximum Gasteiger partial charge on any atom is 0.265 e. The lowest BCUT2D eigenvalue weighted by Gasteiger charge is -1.99. The lowest BCUT2D eigenvalue weighted by molar-refractivity contribution is 0.153. The van der Waals surface area contributed by atoms with Gasteiger partial charge in [-0.25, -0.2) is 8.78 Å². The van der Waals surface area contributed by atoms with Crippen molar-refractivity contribution in [1.82, 2.24) is 0 Å². The molecule has 2 aromatic rings. The van der Waals surface area contributed by atoms with Crippen molar-refractivity contribution in [3.63, 3.8) is 0 Å². The molecule has 2 rings (SSSR count). The summed E-state index contributed by atoms with van der Waals surface area (Å²) in [7, 11) is 0. The van der Waals surface area contributed by atoms with Crippen molar-refractivity contribution in [2.24, 2.45) is 0 Å². The summed E-state index contributed by atoms with van der Waals surface area (Å²) in [6.07, 6.45) is -2.55. The van der Waals surface area contributed by atoms with Gasteiger partial charge in [-0.15, -0.1) is 0 Å². The quantitative estimate of drug-likeness (QED) is 0.767. The summed E-state index contributed by atoms with van der Waals surface area (Å²) in [5, 5.41) is 9.69. The van der Waals surface area contributed by atoms with Crippen LogP contribution in [-0.4, -0.2) is 5.11 Å². The Bertz CT molecular complexity index is 481. The van der Waals surface area contributed by atoms with Crippen molar-refractivity contribution in [1.29, 1.82) is 0 Å². The highest BCUT2D eigenvalue weighted by molar-refractivity contribution is 7.21. The Morgan fingerprint density at radius 2 is 2.07 bits per heavy atom. The van der Waals surface area contributed by atoms with Crippen LogP contribution in [0.5, 0.6) is 5.06 Å². The zero-order valence-electron chi connectivity index (χ0n) is 7.00. The molecule has 1 aromatic carbocycles. The highest BCUT2D eigenvalue weighted by Gasteiger charge is 2.16. The minimum atomic E-state index is -2.55. The van der Waals surface area contributed by atoms with Gasteiger partial charge in [0.1, 0.15) is 0 Å². The average Bonchev–Trinajstić information content (AvgIpc) is 2.43. The molecule has 0 saturated heterocycles. The third-order valence-corrected chi connectivity index (χ3v) is 3.07. The number of aromatic hydroxyl groups is 1. The molecule has 0 spiro atoms. The first-order valence-electron chi connectivity index (χ1n) is 3.89. The molecule has 1 heterocycles. The molecule has 74 valence electrons. The van der Waals surface area contributed by atoms with Crippen molar-refractivity contribution >= 4 is 27.1 Å². The lowest BCUT2D eigenvalue weighted by atomic mass is 10.1. The predicted molar refractivity (Wildman–Crippen MR) is 52.9 cm³/mol. The first-order chi connectivity index (χ1) is 6.61. The number of thiophene rings is 1. The first-order valence-corrected chi connectivity index (χ1v) is 4.71. The maximum absolute atomic E-state index is 12.5. The zero-order chi connectivity index (χ0) is 10.3. The van der Waals surface area contributed by atoms with Crippen molar-refractivity contribution in [3.05, 3.63) is 23.8 Å². The smallest absolute Gasteiger partial charge is 0.265 e. The molecule has 0 fully saturated rings. The molecule has 0 aliphatic carbocycles. The summed E-state index contributed by atoms with van der Waals surface area (Å²) in [6.45, 7) is 0. The van der Waals surface area contributed by atoms with E-state index < -0.39 is 6.43 Å². The van der Waals surface area contributed by atoms with Crippen LogP contribution >= 0.6 is 11.3 Å². The Morgan fingerprint density at radius 1 is 1.36 bits per heavy atom. The molecule has 0 amide bonds. The van der Waals surface area contributed by atoms with Gasteiger partial charge in [-0.1, -0.05) is 29.5 Å². The van der Waals surface area contributed by atoms with Gasteiger partial charge < -0.3 is 10.8 Å². The first kappa shape index (κ1) is 9.21. The van der Waals surface area contributed by atoms with Gasteiger partial charge in [0, 0.05) is 15.6 Å². The van der Waals surface area contributed by atoms with Crippen molar-refractivity contribution in [2.75, 3.05) is 5.73 Å². The van der Waals surface area contributed by atoms with E-state index in [1.165, 1.54) is 12.1 Å². The van der Waals surface area contributed by atoms with Crippen LogP contribution in [0.4, 0.5) is 14.5 Å². The van der Waals surface area contributed by atoms with Gasteiger partial charge >= 0.3 is 0 Å². The topological polar surface area (TPSA) is 46.2 Å². The monoisotopic (exact) mass is 215 g/mol. The second-order valence-corrected chi connectivity index (χ2v) is 3.84. The molecule has 2 nitrogen and oxygen atoms in total. The van der Waals surface area contributed by atoms with Gasteiger partial charge in [0.05, 0.1) is 5.69 Å². The van der Waals surface area contributed by atoms with Crippen LogP contribution < -0.4 is 5.73 Å². The summed E-state index contributed by atoms with van der Waals surface area (Å²) in [4.78, 5) is 0. The largest absolute Gasteiger partial charge is 0.498 e. The van der Waals surface area contributed by atoms with Gasteiger partial charge in [0.25, 0.3) is 6.43 Å². The van der Waals surface area contributed by atoms with E-state index in [2.05, 4.69) is 0 Å².